The molecule has 40 heavy (non-hydrogen) atoms. The third kappa shape index (κ3) is 5.02. The number of ketones is 1. The lowest BCUT2D eigenvalue weighted by molar-refractivity contribution is -0.136. The normalized spacial score (nSPS) is 11.2. The highest BCUT2D eigenvalue weighted by Crippen LogP contribution is 2.32. The van der Waals surface area contributed by atoms with Gasteiger partial charge in [0.25, 0.3) is 0 Å². The zero-order valence-electron chi connectivity index (χ0n) is 21.0. The van der Waals surface area contributed by atoms with Gasteiger partial charge in [-0.15, -0.1) is 0 Å². The van der Waals surface area contributed by atoms with Gasteiger partial charge in [-0.1, -0.05) is 11.6 Å². The second-order valence-electron chi connectivity index (χ2n) is 9.18. The first-order chi connectivity index (χ1) is 19.5. The highest BCUT2D eigenvalue weighted by Gasteiger charge is 2.20. The van der Waals surface area contributed by atoms with Crippen molar-refractivity contribution in [2.75, 3.05) is 5.32 Å². The first-order valence-electron chi connectivity index (χ1n) is 12.5. The van der Waals surface area contributed by atoms with Gasteiger partial charge in [-0.25, -0.2) is 4.98 Å². The smallest absolute Gasteiger partial charge is 0.303 e. The Morgan fingerprint density at radius 3 is 2.60 bits per heavy atom. The SMILES string of the molecule is O=C(O)CCC(=O)c1cn(-c2nc(NCc3ccncc3)c3cc(-c4ccco4)ccc3n2)c2ccc(Cl)cc12. The van der Waals surface area contributed by atoms with Gasteiger partial charge in [0.05, 0.1) is 23.7 Å². The Morgan fingerprint density at radius 1 is 0.975 bits per heavy atom. The average Bonchev–Trinajstić information content (AvgIpc) is 3.63. The minimum Gasteiger partial charge on any atom is -0.481 e. The van der Waals surface area contributed by atoms with Crippen LogP contribution in [0.2, 0.25) is 5.02 Å². The third-order valence-electron chi connectivity index (χ3n) is 6.55. The number of rotatable bonds is 9. The van der Waals surface area contributed by atoms with Crippen molar-refractivity contribution in [3.05, 3.63) is 102 Å². The molecule has 2 N–H and O–H groups in total. The number of hydrogen-bond donors (Lipinski definition) is 2. The Bertz CT molecular complexity index is 1870. The largest absolute Gasteiger partial charge is 0.481 e. The standard InChI is InChI=1S/C30H22ClN5O4/c31-20-4-6-25-21(15-20)23(26(37)7-8-28(38)39)17-36(25)30-34-24-5-3-19(27-2-1-13-40-27)14-22(24)29(35-30)33-16-18-9-11-32-12-10-18/h1-6,9-15,17H,7-8,16H2,(H,38,39)(H,33,34,35). The molecule has 0 fully saturated rings. The van der Waals surface area contributed by atoms with Crippen LogP contribution in [-0.2, 0) is 11.3 Å². The monoisotopic (exact) mass is 551 g/mol. The van der Waals surface area contributed by atoms with Crippen LogP contribution in [-0.4, -0.2) is 36.4 Å². The zero-order chi connectivity index (χ0) is 27.6. The van der Waals surface area contributed by atoms with Crippen LogP contribution in [0.1, 0.15) is 28.8 Å². The molecule has 0 aliphatic carbocycles. The second kappa shape index (κ2) is 10.6. The number of nitrogens with zero attached hydrogens (tertiary/aromatic N) is 4. The van der Waals surface area contributed by atoms with Gasteiger partial charge in [-0.3, -0.25) is 19.1 Å². The zero-order valence-corrected chi connectivity index (χ0v) is 21.8. The summed E-state index contributed by atoms with van der Waals surface area (Å²) in [5.74, 6) is 0.337. The molecule has 0 saturated carbocycles. The molecule has 0 spiro atoms. The molecule has 0 bridgehead atoms. The number of carboxylic acid groups (broad SMARTS) is 1. The van der Waals surface area contributed by atoms with Crippen LogP contribution >= 0.6 is 11.6 Å². The Kier molecular flexibility index (Phi) is 6.71. The first kappa shape index (κ1) is 25.3. The third-order valence-corrected chi connectivity index (χ3v) is 6.78. The molecule has 0 radical (unpaired) electrons. The van der Waals surface area contributed by atoms with Crippen molar-refractivity contribution in [3.63, 3.8) is 0 Å². The molecule has 4 heterocycles. The molecule has 0 aliphatic heterocycles. The molecule has 0 unspecified atom stereocenters. The topological polar surface area (TPSA) is 123 Å². The van der Waals surface area contributed by atoms with E-state index in [0.29, 0.717) is 45.3 Å². The molecule has 6 rings (SSSR count). The van der Waals surface area contributed by atoms with Crippen molar-refractivity contribution in [3.8, 4) is 17.3 Å². The lowest BCUT2D eigenvalue weighted by Crippen LogP contribution is -2.07. The van der Waals surface area contributed by atoms with E-state index in [1.54, 1.807) is 47.6 Å². The fraction of sp³-hybridized carbons (Fsp3) is 0.100. The van der Waals surface area contributed by atoms with Crippen LogP contribution in [0.25, 0.3) is 39.1 Å². The molecule has 10 heteroatoms. The van der Waals surface area contributed by atoms with E-state index in [1.165, 1.54) is 0 Å². The van der Waals surface area contributed by atoms with Gasteiger partial charge in [0.2, 0.25) is 5.95 Å². The molecule has 198 valence electrons. The summed E-state index contributed by atoms with van der Waals surface area (Å²) in [4.78, 5) is 37.9. The maximum absolute atomic E-state index is 13.0. The van der Waals surface area contributed by atoms with E-state index in [2.05, 4.69) is 10.3 Å². The fourth-order valence-electron chi connectivity index (χ4n) is 4.59. The lowest BCUT2D eigenvalue weighted by Gasteiger charge is -2.13. The van der Waals surface area contributed by atoms with E-state index < -0.39 is 5.97 Å². The van der Waals surface area contributed by atoms with Crippen LogP contribution in [0, 0.1) is 0 Å². The number of aromatic nitrogens is 4. The summed E-state index contributed by atoms with van der Waals surface area (Å²) in [6.45, 7) is 0.500. The number of fused-ring (bicyclic) bond motifs is 2. The summed E-state index contributed by atoms with van der Waals surface area (Å²) in [7, 11) is 0. The number of carbonyl (C=O) groups is 2. The van der Waals surface area contributed by atoms with Crippen LogP contribution in [0.4, 0.5) is 5.82 Å². The van der Waals surface area contributed by atoms with E-state index in [4.69, 9.17) is 31.1 Å². The summed E-state index contributed by atoms with van der Waals surface area (Å²) in [6, 6.07) is 18.6. The van der Waals surface area contributed by atoms with Gasteiger partial charge in [0.15, 0.2) is 5.78 Å². The predicted octanol–water partition coefficient (Wildman–Crippen LogP) is 6.54. The Morgan fingerprint density at radius 2 is 1.82 bits per heavy atom. The highest BCUT2D eigenvalue weighted by molar-refractivity contribution is 6.31. The number of halogens is 1. The summed E-state index contributed by atoms with van der Waals surface area (Å²) in [5.41, 5.74) is 3.63. The molecule has 0 aliphatic rings. The number of anilines is 1. The van der Waals surface area contributed by atoms with Crippen LogP contribution in [0.5, 0.6) is 0 Å². The first-order valence-corrected chi connectivity index (χ1v) is 12.9. The summed E-state index contributed by atoms with van der Waals surface area (Å²) < 4.78 is 7.33. The molecule has 0 amide bonds. The van der Waals surface area contributed by atoms with Crippen LogP contribution in [0.15, 0.2) is 89.9 Å². The van der Waals surface area contributed by atoms with Crippen molar-refractivity contribution in [1.82, 2.24) is 19.5 Å². The number of Topliss-reactive ketones (excluding diaryl/α,β-unsaturated/α-hetero) is 1. The lowest BCUT2D eigenvalue weighted by atomic mass is 10.1. The Hall–Kier alpha value is -5.02. The van der Waals surface area contributed by atoms with Crippen molar-refractivity contribution in [2.24, 2.45) is 0 Å². The number of aliphatic carboxylic acids is 1. The number of nitrogens with one attached hydrogen (secondary N) is 1. The molecule has 4 aromatic heterocycles. The Balaban J connectivity index is 1.49. The van der Waals surface area contributed by atoms with E-state index in [1.807, 2.05) is 42.5 Å². The van der Waals surface area contributed by atoms with Gasteiger partial charge in [0.1, 0.15) is 11.6 Å². The van der Waals surface area contributed by atoms with Crippen LogP contribution < -0.4 is 5.32 Å². The van der Waals surface area contributed by atoms with E-state index >= 15 is 0 Å². The van der Waals surface area contributed by atoms with Gasteiger partial charge < -0.3 is 14.8 Å². The summed E-state index contributed by atoms with van der Waals surface area (Å²) in [5, 5.41) is 14.4. The second-order valence-corrected chi connectivity index (χ2v) is 9.62. The molecular weight excluding hydrogens is 530 g/mol. The number of carboxylic acids is 1. The number of pyridine rings is 1. The van der Waals surface area contributed by atoms with Crippen molar-refractivity contribution in [1.29, 1.82) is 0 Å². The number of carbonyl (C=O) groups excluding carboxylic acids is 1. The van der Waals surface area contributed by atoms with E-state index in [-0.39, 0.29) is 18.6 Å². The van der Waals surface area contributed by atoms with Crippen LogP contribution in [0.3, 0.4) is 0 Å². The number of benzene rings is 2. The minimum absolute atomic E-state index is 0.131. The average molecular weight is 552 g/mol. The maximum atomic E-state index is 13.0. The maximum Gasteiger partial charge on any atom is 0.303 e. The Labute approximate surface area is 233 Å². The van der Waals surface area contributed by atoms with Crippen molar-refractivity contribution < 1.29 is 19.1 Å². The molecule has 9 nitrogen and oxygen atoms in total. The highest BCUT2D eigenvalue weighted by atomic mass is 35.5. The van der Waals surface area contributed by atoms with Gasteiger partial charge in [-0.2, -0.15) is 4.98 Å². The molecule has 0 atom stereocenters. The summed E-state index contributed by atoms with van der Waals surface area (Å²) >= 11 is 6.27. The van der Waals surface area contributed by atoms with Gasteiger partial charge in [0, 0.05) is 58.5 Å². The fourth-order valence-corrected chi connectivity index (χ4v) is 4.76. The molecule has 0 saturated heterocycles. The van der Waals surface area contributed by atoms with E-state index in [9.17, 15) is 9.59 Å². The van der Waals surface area contributed by atoms with Crippen molar-refractivity contribution in [2.45, 2.75) is 19.4 Å². The number of hydrogen-bond acceptors (Lipinski definition) is 7. The molecule has 2 aromatic carbocycles. The predicted molar refractivity (Wildman–Crippen MR) is 152 cm³/mol. The van der Waals surface area contributed by atoms with Crippen molar-refractivity contribution >= 4 is 51.0 Å². The quantitative estimate of drug-likeness (QED) is 0.194. The summed E-state index contributed by atoms with van der Waals surface area (Å²) in [6.07, 6.45) is 6.34. The molecule has 6 aromatic rings. The minimum atomic E-state index is -1.04. The van der Waals surface area contributed by atoms with E-state index in [0.717, 1.165) is 22.3 Å². The molecular formula is C30H22ClN5O4. The van der Waals surface area contributed by atoms with Gasteiger partial charge in [-0.05, 0) is 66.2 Å². The number of furan rings is 1. The van der Waals surface area contributed by atoms with Gasteiger partial charge >= 0.3 is 5.97 Å².